The Morgan fingerprint density at radius 1 is 0.979 bits per heavy atom. The second kappa shape index (κ2) is 13.7. The number of carboxylic acid groups (broad SMARTS) is 1. The number of nitrogens with zero attached hydrogens (tertiary/aromatic N) is 3. The quantitative estimate of drug-likeness (QED) is 0.114. The zero-order valence-electron chi connectivity index (χ0n) is 25.0. The number of benzene rings is 2. The number of aromatic nitrogens is 3. The SMILES string of the molecule is CCOc1c(NCC(NC(=O)c2ccc(Nc3nc(NC4(c5ccc(Cl)cc5)CC4)nc(OCC(F)(F)F)n3)cc2)C(=O)O)c(=O)c1=O. The molecule has 1 atom stereocenters. The molecule has 0 bridgehead atoms. The van der Waals surface area contributed by atoms with Crippen molar-refractivity contribution in [3.63, 3.8) is 0 Å². The van der Waals surface area contributed by atoms with E-state index in [1.54, 1.807) is 19.1 Å². The van der Waals surface area contributed by atoms with Crippen molar-refractivity contribution in [3.8, 4) is 11.8 Å². The molecule has 0 saturated heterocycles. The molecule has 14 nitrogen and oxygen atoms in total. The van der Waals surface area contributed by atoms with Gasteiger partial charge in [-0.15, -0.1) is 0 Å². The summed E-state index contributed by atoms with van der Waals surface area (Å²) in [6.45, 7) is -0.321. The molecule has 3 aromatic carbocycles. The third kappa shape index (κ3) is 8.09. The molecular formula is C30H27ClF3N7O7. The molecule has 0 aliphatic heterocycles. The van der Waals surface area contributed by atoms with Gasteiger partial charge in [0.2, 0.25) is 11.9 Å². The second-order valence-corrected chi connectivity index (χ2v) is 11.1. The number of halogens is 4. The molecule has 4 aromatic rings. The van der Waals surface area contributed by atoms with E-state index in [1.165, 1.54) is 24.3 Å². The fraction of sp³-hybridized carbons (Fsp3) is 0.300. The summed E-state index contributed by atoms with van der Waals surface area (Å²) in [5, 5.41) is 21.0. The van der Waals surface area contributed by atoms with Crippen LogP contribution in [-0.2, 0) is 10.3 Å². The highest BCUT2D eigenvalue weighted by Crippen LogP contribution is 2.48. The van der Waals surface area contributed by atoms with Gasteiger partial charge in [0, 0.05) is 22.8 Å². The smallest absolute Gasteiger partial charge is 0.422 e. The maximum Gasteiger partial charge on any atom is 0.422 e. The number of carbonyl (C=O) groups is 2. The van der Waals surface area contributed by atoms with Crippen LogP contribution in [-0.4, -0.2) is 63.9 Å². The minimum Gasteiger partial charge on any atom is -0.488 e. The van der Waals surface area contributed by atoms with Crippen LogP contribution in [0.3, 0.4) is 0 Å². The maximum atomic E-state index is 12.9. The van der Waals surface area contributed by atoms with Crippen LogP contribution < -0.4 is 41.6 Å². The molecule has 1 aliphatic carbocycles. The first-order valence-electron chi connectivity index (χ1n) is 14.4. The molecule has 252 valence electrons. The van der Waals surface area contributed by atoms with Crippen molar-refractivity contribution in [2.75, 3.05) is 35.7 Å². The van der Waals surface area contributed by atoms with E-state index in [0.717, 1.165) is 5.56 Å². The van der Waals surface area contributed by atoms with Gasteiger partial charge in [-0.1, -0.05) is 23.7 Å². The lowest BCUT2D eigenvalue weighted by Gasteiger charge is -2.19. The Kier molecular flexibility index (Phi) is 9.69. The van der Waals surface area contributed by atoms with Crippen molar-refractivity contribution in [1.82, 2.24) is 20.3 Å². The minimum atomic E-state index is -4.64. The Bertz CT molecular complexity index is 1880. The molecule has 1 aliphatic rings. The number of rotatable bonds is 15. The average molecular weight is 690 g/mol. The van der Waals surface area contributed by atoms with Gasteiger partial charge in [0.05, 0.1) is 12.1 Å². The monoisotopic (exact) mass is 689 g/mol. The third-order valence-electron chi connectivity index (χ3n) is 7.12. The number of nitrogens with one attached hydrogen (secondary N) is 4. The van der Waals surface area contributed by atoms with Crippen LogP contribution in [0.15, 0.2) is 58.1 Å². The van der Waals surface area contributed by atoms with E-state index < -0.39 is 59.7 Å². The number of carbonyl (C=O) groups excluding carboxylic acids is 1. The molecule has 1 saturated carbocycles. The summed E-state index contributed by atoms with van der Waals surface area (Å²) < 4.78 is 48.5. The summed E-state index contributed by atoms with van der Waals surface area (Å²) in [6, 6.07) is 10.6. The topological polar surface area (TPSA) is 194 Å². The maximum absolute atomic E-state index is 12.9. The summed E-state index contributed by atoms with van der Waals surface area (Å²) >= 11 is 6.00. The van der Waals surface area contributed by atoms with E-state index in [9.17, 15) is 37.5 Å². The van der Waals surface area contributed by atoms with E-state index >= 15 is 0 Å². The van der Waals surface area contributed by atoms with Crippen molar-refractivity contribution >= 4 is 46.7 Å². The first-order valence-corrected chi connectivity index (χ1v) is 14.8. The summed E-state index contributed by atoms with van der Waals surface area (Å²) in [4.78, 5) is 60.3. The van der Waals surface area contributed by atoms with Crippen molar-refractivity contribution in [3.05, 3.63) is 85.1 Å². The Morgan fingerprint density at radius 2 is 1.65 bits per heavy atom. The van der Waals surface area contributed by atoms with Crippen molar-refractivity contribution < 1.29 is 37.3 Å². The van der Waals surface area contributed by atoms with Gasteiger partial charge in [-0.2, -0.15) is 28.1 Å². The second-order valence-electron chi connectivity index (χ2n) is 10.6. The van der Waals surface area contributed by atoms with Gasteiger partial charge in [0.25, 0.3) is 16.8 Å². The zero-order valence-corrected chi connectivity index (χ0v) is 25.7. The molecule has 0 radical (unpaired) electrons. The number of aliphatic carboxylic acids is 1. The van der Waals surface area contributed by atoms with Gasteiger partial charge in [-0.25, -0.2) is 4.79 Å². The average Bonchev–Trinajstić information content (AvgIpc) is 3.82. The third-order valence-corrected chi connectivity index (χ3v) is 7.37. The van der Waals surface area contributed by atoms with E-state index in [4.69, 9.17) is 21.1 Å². The van der Waals surface area contributed by atoms with Crippen LogP contribution in [0.2, 0.25) is 5.02 Å². The van der Waals surface area contributed by atoms with Crippen molar-refractivity contribution in [2.45, 2.75) is 37.5 Å². The van der Waals surface area contributed by atoms with Crippen LogP contribution in [0.4, 0.5) is 36.4 Å². The van der Waals surface area contributed by atoms with Crippen LogP contribution in [0, 0.1) is 0 Å². The Labute approximate surface area is 274 Å². The molecule has 1 heterocycles. The first-order chi connectivity index (χ1) is 22.8. The lowest BCUT2D eigenvalue weighted by molar-refractivity contribution is -0.154. The lowest BCUT2D eigenvalue weighted by Crippen LogP contribution is -2.47. The predicted octanol–water partition coefficient (Wildman–Crippen LogP) is 3.60. The summed E-state index contributed by atoms with van der Waals surface area (Å²) in [5.41, 5.74) is -1.15. The molecule has 5 N–H and O–H groups in total. The normalized spacial score (nSPS) is 14.1. The van der Waals surface area contributed by atoms with Crippen molar-refractivity contribution in [2.24, 2.45) is 0 Å². The van der Waals surface area contributed by atoms with E-state index in [-0.39, 0.29) is 35.5 Å². The van der Waals surface area contributed by atoms with E-state index in [0.29, 0.717) is 23.6 Å². The van der Waals surface area contributed by atoms with Gasteiger partial charge in [0.15, 0.2) is 12.4 Å². The summed E-state index contributed by atoms with van der Waals surface area (Å²) in [6.07, 6.45) is -3.24. The van der Waals surface area contributed by atoms with Crippen LogP contribution >= 0.6 is 11.6 Å². The Morgan fingerprint density at radius 3 is 2.25 bits per heavy atom. The highest BCUT2D eigenvalue weighted by atomic mass is 35.5. The lowest BCUT2D eigenvalue weighted by atomic mass is 10.1. The van der Waals surface area contributed by atoms with E-state index in [2.05, 4.69) is 36.2 Å². The highest BCUT2D eigenvalue weighted by molar-refractivity contribution is 6.30. The fourth-order valence-electron chi connectivity index (χ4n) is 4.57. The van der Waals surface area contributed by atoms with E-state index in [1.807, 2.05) is 12.1 Å². The number of ether oxygens (including phenoxy) is 2. The molecule has 0 spiro atoms. The van der Waals surface area contributed by atoms with Crippen LogP contribution in [0.25, 0.3) is 0 Å². The number of alkyl halides is 3. The molecule has 18 heteroatoms. The minimum absolute atomic E-state index is 0.0430. The number of carboxylic acids is 1. The van der Waals surface area contributed by atoms with Gasteiger partial charge >= 0.3 is 18.2 Å². The summed E-state index contributed by atoms with van der Waals surface area (Å²) in [7, 11) is 0. The molecule has 48 heavy (non-hydrogen) atoms. The molecular weight excluding hydrogens is 663 g/mol. The molecule has 1 unspecified atom stereocenters. The largest absolute Gasteiger partial charge is 0.488 e. The fourth-order valence-corrected chi connectivity index (χ4v) is 4.69. The number of anilines is 4. The molecule has 5 rings (SSSR count). The van der Waals surface area contributed by atoms with Gasteiger partial charge in [0.1, 0.15) is 11.7 Å². The van der Waals surface area contributed by atoms with Crippen LogP contribution in [0.1, 0.15) is 35.7 Å². The van der Waals surface area contributed by atoms with Gasteiger partial charge < -0.3 is 35.8 Å². The van der Waals surface area contributed by atoms with Gasteiger partial charge in [-0.05, 0) is 61.7 Å². The Hall–Kier alpha value is -5.45. The molecule has 1 fully saturated rings. The summed E-state index contributed by atoms with van der Waals surface area (Å²) in [5.74, 6) is -2.57. The number of amides is 1. The van der Waals surface area contributed by atoms with Crippen molar-refractivity contribution in [1.29, 1.82) is 0 Å². The number of hydrogen-bond acceptors (Lipinski definition) is 12. The molecule has 1 amide bonds. The first kappa shape index (κ1) is 33.9. The standard InChI is InChI=1S/C30H27ClF3N7O7/c1-2-47-23-20(21(42)22(23)43)35-13-19(25(45)46)37-24(44)15-3-9-18(10-4-15)36-26-38-27(40-28(39-26)48-14-30(32,33)34)41-29(11-12-29)16-5-7-17(31)8-6-16/h3-10,19,35H,2,11-14H2,1H3,(H,37,44)(H,45,46)(H2,36,38,39,40,41). The highest BCUT2D eigenvalue weighted by Gasteiger charge is 2.45. The van der Waals surface area contributed by atoms with Crippen LogP contribution in [0.5, 0.6) is 11.8 Å². The molecule has 1 aromatic heterocycles. The predicted molar refractivity (Wildman–Crippen MR) is 167 cm³/mol. The van der Waals surface area contributed by atoms with Gasteiger partial charge in [-0.3, -0.25) is 14.4 Å². The zero-order chi connectivity index (χ0) is 34.6. The Balaban J connectivity index is 1.27. The number of hydrogen-bond donors (Lipinski definition) is 5.